The quantitative estimate of drug-likeness (QED) is 0.282. The summed E-state index contributed by atoms with van der Waals surface area (Å²) in [4.78, 5) is 29.4. The molecular formula is C34H41N3O8S. The Labute approximate surface area is 270 Å². The first kappa shape index (κ1) is 33.4. The number of hydrogen-bond donors (Lipinski definition) is 1. The van der Waals surface area contributed by atoms with E-state index in [1.807, 2.05) is 54.6 Å². The van der Waals surface area contributed by atoms with E-state index in [-0.39, 0.29) is 30.1 Å². The van der Waals surface area contributed by atoms with Crippen molar-refractivity contribution in [3.63, 3.8) is 0 Å². The van der Waals surface area contributed by atoms with Crippen molar-refractivity contribution in [1.82, 2.24) is 14.5 Å². The summed E-state index contributed by atoms with van der Waals surface area (Å²) < 4.78 is 49.6. The Morgan fingerprint density at radius 1 is 0.935 bits per heavy atom. The molecule has 12 heteroatoms. The van der Waals surface area contributed by atoms with Gasteiger partial charge in [0.2, 0.25) is 15.9 Å². The van der Waals surface area contributed by atoms with E-state index >= 15 is 0 Å². The van der Waals surface area contributed by atoms with Gasteiger partial charge in [0.15, 0.2) is 6.61 Å². The number of carbonyl (C=O) groups is 2. The number of benzene rings is 3. The lowest BCUT2D eigenvalue weighted by Crippen LogP contribution is -2.52. The number of nitrogens with zero attached hydrogens (tertiary/aromatic N) is 2. The zero-order valence-corrected chi connectivity index (χ0v) is 26.8. The van der Waals surface area contributed by atoms with Crippen LogP contribution in [0, 0.1) is 0 Å². The Kier molecular flexibility index (Phi) is 11.6. The third-order valence-electron chi connectivity index (χ3n) is 8.10. The molecule has 2 fully saturated rings. The summed E-state index contributed by atoms with van der Waals surface area (Å²) in [6.45, 7) is 2.15. The number of methoxy groups -OCH3 is 1. The molecule has 1 N–H and O–H groups in total. The Morgan fingerprint density at radius 2 is 1.63 bits per heavy atom. The SMILES string of the molecule is COc1ccc(CN(C(=O)COc2ccc(S(=O)(=O)N3CCOCC3)cc2)[C@@H](Cc2ccccc2)C(=O)NC[C@H]2CCCO2)cc1. The highest BCUT2D eigenvalue weighted by atomic mass is 32.2. The molecule has 11 nitrogen and oxygen atoms in total. The lowest BCUT2D eigenvalue weighted by Gasteiger charge is -2.32. The van der Waals surface area contributed by atoms with Gasteiger partial charge in [-0.3, -0.25) is 9.59 Å². The van der Waals surface area contributed by atoms with Crippen LogP contribution in [-0.2, 0) is 42.1 Å². The normalized spacial score (nSPS) is 17.6. The Hall–Kier alpha value is -3.97. The summed E-state index contributed by atoms with van der Waals surface area (Å²) in [5, 5.41) is 3.02. The molecule has 2 saturated heterocycles. The molecule has 0 aliphatic carbocycles. The highest BCUT2D eigenvalue weighted by molar-refractivity contribution is 7.89. The van der Waals surface area contributed by atoms with Crippen LogP contribution in [0.25, 0.3) is 0 Å². The average Bonchev–Trinajstić information content (AvgIpc) is 3.63. The molecule has 0 spiro atoms. The van der Waals surface area contributed by atoms with Crippen molar-refractivity contribution >= 4 is 21.8 Å². The third kappa shape index (κ3) is 8.85. The van der Waals surface area contributed by atoms with E-state index in [0.29, 0.717) is 57.4 Å². The molecular weight excluding hydrogens is 610 g/mol. The molecule has 0 bridgehead atoms. The number of rotatable bonds is 14. The number of ether oxygens (including phenoxy) is 4. The summed E-state index contributed by atoms with van der Waals surface area (Å²) in [5.74, 6) is 0.341. The fourth-order valence-electron chi connectivity index (χ4n) is 5.49. The van der Waals surface area contributed by atoms with Crippen LogP contribution in [0.2, 0.25) is 0 Å². The van der Waals surface area contributed by atoms with Crippen LogP contribution in [0.1, 0.15) is 24.0 Å². The molecule has 0 saturated carbocycles. The van der Waals surface area contributed by atoms with Gasteiger partial charge in [0, 0.05) is 39.2 Å². The molecule has 2 amide bonds. The van der Waals surface area contributed by atoms with Crippen molar-refractivity contribution in [3.05, 3.63) is 90.0 Å². The van der Waals surface area contributed by atoms with E-state index in [9.17, 15) is 18.0 Å². The van der Waals surface area contributed by atoms with Gasteiger partial charge in [0.1, 0.15) is 17.5 Å². The van der Waals surface area contributed by atoms with E-state index < -0.39 is 22.0 Å². The van der Waals surface area contributed by atoms with Gasteiger partial charge in [-0.15, -0.1) is 0 Å². The van der Waals surface area contributed by atoms with E-state index in [4.69, 9.17) is 18.9 Å². The van der Waals surface area contributed by atoms with Gasteiger partial charge in [-0.1, -0.05) is 42.5 Å². The highest BCUT2D eigenvalue weighted by Crippen LogP contribution is 2.22. The fourth-order valence-corrected chi connectivity index (χ4v) is 6.90. The lowest BCUT2D eigenvalue weighted by atomic mass is 10.0. The predicted molar refractivity (Wildman–Crippen MR) is 171 cm³/mol. The number of nitrogens with one attached hydrogen (secondary N) is 1. The van der Waals surface area contributed by atoms with Crippen molar-refractivity contribution in [3.8, 4) is 11.5 Å². The fraction of sp³-hybridized carbons (Fsp3) is 0.412. The van der Waals surface area contributed by atoms with Gasteiger partial charge in [0.05, 0.1) is 31.3 Å². The van der Waals surface area contributed by atoms with Crippen molar-refractivity contribution in [2.24, 2.45) is 0 Å². The molecule has 0 aromatic heterocycles. The van der Waals surface area contributed by atoms with Crippen LogP contribution in [0.4, 0.5) is 0 Å². The van der Waals surface area contributed by atoms with E-state index in [0.717, 1.165) is 24.0 Å². The van der Waals surface area contributed by atoms with Gasteiger partial charge in [-0.25, -0.2) is 8.42 Å². The molecule has 2 atom stereocenters. The minimum Gasteiger partial charge on any atom is -0.497 e. The largest absolute Gasteiger partial charge is 0.497 e. The lowest BCUT2D eigenvalue weighted by molar-refractivity contribution is -0.143. The minimum atomic E-state index is -3.67. The van der Waals surface area contributed by atoms with Crippen molar-refractivity contribution in [2.45, 2.75) is 42.8 Å². The maximum atomic E-state index is 13.9. The molecule has 2 heterocycles. The first-order chi connectivity index (χ1) is 22.3. The molecule has 3 aromatic carbocycles. The maximum Gasteiger partial charge on any atom is 0.261 e. The number of amides is 2. The van der Waals surface area contributed by atoms with Crippen LogP contribution < -0.4 is 14.8 Å². The molecule has 46 heavy (non-hydrogen) atoms. The van der Waals surface area contributed by atoms with Crippen LogP contribution in [0.15, 0.2) is 83.8 Å². The minimum absolute atomic E-state index is 0.0505. The van der Waals surface area contributed by atoms with Crippen molar-refractivity contribution in [2.75, 3.05) is 53.2 Å². The molecule has 3 aromatic rings. The Balaban J connectivity index is 1.34. The number of carbonyl (C=O) groups excluding carboxylic acids is 2. The smallest absolute Gasteiger partial charge is 0.261 e. The summed E-state index contributed by atoms with van der Waals surface area (Å²) in [6.07, 6.45) is 2.07. The van der Waals surface area contributed by atoms with Crippen LogP contribution in [0.5, 0.6) is 11.5 Å². The summed E-state index contributed by atoms with van der Waals surface area (Å²) in [6, 6.07) is 22.1. The second-order valence-electron chi connectivity index (χ2n) is 11.2. The molecule has 246 valence electrons. The van der Waals surface area contributed by atoms with E-state index in [1.54, 1.807) is 7.11 Å². The second-order valence-corrected chi connectivity index (χ2v) is 13.2. The van der Waals surface area contributed by atoms with E-state index in [1.165, 1.54) is 33.5 Å². The second kappa shape index (κ2) is 16.0. The first-order valence-electron chi connectivity index (χ1n) is 15.5. The van der Waals surface area contributed by atoms with Gasteiger partial charge in [-0.05, 0) is 60.4 Å². The van der Waals surface area contributed by atoms with Crippen LogP contribution in [-0.4, -0.2) is 94.8 Å². The third-order valence-corrected chi connectivity index (χ3v) is 10.0. The maximum absolute atomic E-state index is 13.9. The molecule has 0 radical (unpaired) electrons. The van der Waals surface area contributed by atoms with Gasteiger partial charge < -0.3 is 29.2 Å². The summed E-state index contributed by atoms with van der Waals surface area (Å²) >= 11 is 0. The Bertz CT molecular complexity index is 1520. The van der Waals surface area contributed by atoms with Gasteiger partial charge >= 0.3 is 0 Å². The van der Waals surface area contributed by atoms with Crippen molar-refractivity contribution < 1.29 is 37.0 Å². The van der Waals surface area contributed by atoms with Gasteiger partial charge in [-0.2, -0.15) is 4.31 Å². The Morgan fingerprint density at radius 3 is 2.28 bits per heavy atom. The molecule has 2 aliphatic rings. The molecule has 0 unspecified atom stereocenters. The zero-order chi connectivity index (χ0) is 32.4. The monoisotopic (exact) mass is 651 g/mol. The summed E-state index contributed by atoms with van der Waals surface area (Å²) in [7, 11) is -2.08. The highest BCUT2D eigenvalue weighted by Gasteiger charge is 2.32. The van der Waals surface area contributed by atoms with Crippen LogP contribution in [0.3, 0.4) is 0 Å². The number of hydrogen-bond acceptors (Lipinski definition) is 8. The standard InChI is InChI=1S/C34H41N3O8S/c1-42-28-11-9-27(10-12-28)24-37(32(22-26-6-3-2-4-7-26)34(39)35-23-30-8-5-19-44-30)33(38)25-45-29-13-15-31(16-14-29)46(40,41)36-17-20-43-21-18-36/h2-4,6-7,9-16,30,32H,5,8,17-25H2,1H3,(H,35,39)/t30-,32+/m1/s1. The van der Waals surface area contributed by atoms with E-state index in [2.05, 4.69) is 5.32 Å². The van der Waals surface area contributed by atoms with Crippen LogP contribution >= 0.6 is 0 Å². The summed E-state index contributed by atoms with van der Waals surface area (Å²) in [5.41, 5.74) is 1.72. The first-order valence-corrected chi connectivity index (χ1v) is 16.9. The zero-order valence-electron chi connectivity index (χ0n) is 26.0. The topological polar surface area (TPSA) is 124 Å². The number of sulfonamides is 1. The molecule has 2 aliphatic heterocycles. The predicted octanol–water partition coefficient (Wildman–Crippen LogP) is 3.03. The molecule has 5 rings (SSSR count). The number of morpholine rings is 1. The van der Waals surface area contributed by atoms with Gasteiger partial charge in [0.25, 0.3) is 5.91 Å². The average molecular weight is 652 g/mol. The van der Waals surface area contributed by atoms with Crippen molar-refractivity contribution in [1.29, 1.82) is 0 Å².